The number of benzene rings is 1. The zero-order chi connectivity index (χ0) is 24.3. The molecule has 1 aliphatic heterocycles. The summed E-state index contributed by atoms with van der Waals surface area (Å²) in [6.45, 7) is 8.00. The number of amides is 1. The molecule has 0 bridgehead atoms. The van der Waals surface area contributed by atoms with Crippen molar-refractivity contribution < 1.29 is 9.18 Å². The molecule has 9 nitrogen and oxygen atoms in total. The summed E-state index contributed by atoms with van der Waals surface area (Å²) in [7, 11) is 0. The van der Waals surface area contributed by atoms with Gasteiger partial charge in [0.1, 0.15) is 5.82 Å². The molecule has 0 unspecified atom stereocenters. The third-order valence-electron chi connectivity index (χ3n) is 5.70. The van der Waals surface area contributed by atoms with Crippen molar-refractivity contribution in [2.45, 2.75) is 45.1 Å². The number of anilines is 4. The van der Waals surface area contributed by atoms with Crippen molar-refractivity contribution in [2.24, 2.45) is 5.73 Å². The lowest BCUT2D eigenvalue weighted by atomic mass is 9.87. The summed E-state index contributed by atoms with van der Waals surface area (Å²) in [5.74, 6) is -0.826. The summed E-state index contributed by atoms with van der Waals surface area (Å²) in [5.41, 5.74) is 8.08. The minimum atomic E-state index is -0.782. The maximum atomic E-state index is 13.5. The molecule has 0 spiro atoms. The summed E-state index contributed by atoms with van der Waals surface area (Å²) in [6.07, 6.45) is 4.45. The van der Waals surface area contributed by atoms with E-state index in [2.05, 4.69) is 75.8 Å². The fourth-order valence-electron chi connectivity index (χ4n) is 3.90. The first-order valence-corrected chi connectivity index (χ1v) is 11.2. The van der Waals surface area contributed by atoms with Crippen molar-refractivity contribution in [3.63, 3.8) is 0 Å². The number of halogens is 1. The van der Waals surface area contributed by atoms with Crippen LogP contribution in [-0.2, 0) is 5.41 Å². The molecule has 1 aromatic carbocycles. The van der Waals surface area contributed by atoms with Gasteiger partial charge in [0.25, 0.3) is 5.91 Å². The lowest BCUT2D eigenvalue weighted by Crippen LogP contribution is -2.43. The van der Waals surface area contributed by atoms with Gasteiger partial charge in [0, 0.05) is 30.9 Å². The number of piperidine rings is 1. The Morgan fingerprint density at radius 3 is 2.59 bits per heavy atom. The maximum Gasteiger partial charge on any atom is 0.273 e. The van der Waals surface area contributed by atoms with Crippen LogP contribution in [-0.4, -0.2) is 45.2 Å². The Labute approximate surface area is 198 Å². The van der Waals surface area contributed by atoms with Gasteiger partial charge in [-0.05, 0) is 36.0 Å². The van der Waals surface area contributed by atoms with E-state index in [1.807, 2.05) is 4.90 Å². The fraction of sp³-hybridized carbons (Fsp3) is 0.375. The second-order valence-corrected chi connectivity index (χ2v) is 9.45. The van der Waals surface area contributed by atoms with Gasteiger partial charge in [-0.25, -0.2) is 4.39 Å². The van der Waals surface area contributed by atoms with Gasteiger partial charge >= 0.3 is 0 Å². The van der Waals surface area contributed by atoms with E-state index in [1.165, 1.54) is 17.8 Å². The molecule has 0 saturated carbocycles. The normalized spacial score (nSPS) is 16.2. The van der Waals surface area contributed by atoms with Gasteiger partial charge < -0.3 is 21.3 Å². The van der Waals surface area contributed by atoms with Gasteiger partial charge in [0.15, 0.2) is 11.5 Å². The van der Waals surface area contributed by atoms with Gasteiger partial charge in [0.2, 0.25) is 5.95 Å². The van der Waals surface area contributed by atoms with Crippen molar-refractivity contribution in [1.29, 1.82) is 0 Å². The lowest BCUT2D eigenvalue weighted by molar-refractivity contribution is 0.0995. The number of nitrogens with zero attached hydrogens (tertiary/aromatic N) is 5. The molecule has 1 aliphatic rings. The van der Waals surface area contributed by atoms with Crippen molar-refractivity contribution in [1.82, 2.24) is 20.2 Å². The molecule has 0 radical (unpaired) electrons. The van der Waals surface area contributed by atoms with Crippen LogP contribution in [0, 0.1) is 5.82 Å². The zero-order valence-electron chi connectivity index (χ0n) is 19.5. The van der Waals surface area contributed by atoms with Gasteiger partial charge in [-0.15, -0.1) is 10.2 Å². The molecule has 1 fully saturated rings. The number of hydrogen-bond donors (Lipinski definition) is 3. The molecule has 3 aromatic rings. The molecular formula is C24H29FN8O. The van der Waals surface area contributed by atoms with Gasteiger partial charge in [0.05, 0.1) is 18.1 Å². The van der Waals surface area contributed by atoms with E-state index < -0.39 is 11.7 Å². The highest BCUT2D eigenvalue weighted by atomic mass is 19.1. The highest BCUT2D eigenvalue weighted by molar-refractivity contribution is 5.96. The molecular weight excluding hydrogens is 435 g/mol. The van der Waals surface area contributed by atoms with Gasteiger partial charge in [-0.1, -0.05) is 32.9 Å². The number of nitrogens with one attached hydrogen (secondary N) is 2. The van der Waals surface area contributed by atoms with E-state index in [4.69, 9.17) is 5.73 Å². The number of pyridine rings is 1. The van der Waals surface area contributed by atoms with Crippen LogP contribution in [0.2, 0.25) is 0 Å². The molecule has 1 saturated heterocycles. The predicted octanol–water partition coefficient (Wildman–Crippen LogP) is 3.63. The third kappa shape index (κ3) is 5.56. The van der Waals surface area contributed by atoms with E-state index in [0.29, 0.717) is 18.2 Å². The Bertz CT molecular complexity index is 1160. The first-order chi connectivity index (χ1) is 16.2. The summed E-state index contributed by atoms with van der Waals surface area (Å²) in [5, 5.41) is 14.6. The first kappa shape index (κ1) is 23.3. The van der Waals surface area contributed by atoms with Gasteiger partial charge in [-0.2, -0.15) is 4.98 Å². The van der Waals surface area contributed by atoms with Crippen LogP contribution < -0.4 is 21.3 Å². The summed E-state index contributed by atoms with van der Waals surface area (Å²) >= 11 is 0. The number of carbonyl (C=O) groups is 1. The molecule has 178 valence electrons. The highest BCUT2D eigenvalue weighted by Gasteiger charge is 2.24. The molecule has 0 aliphatic carbocycles. The third-order valence-corrected chi connectivity index (χ3v) is 5.70. The van der Waals surface area contributed by atoms with Gasteiger partial charge in [-0.3, -0.25) is 9.78 Å². The number of carbonyl (C=O) groups excluding carboxylic acids is 1. The number of hydrogen-bond acceptors (Lipinski definition) is 8. The standard InChI is InChI=1S/C24H29FN8O/c1-24(2,3)15-6-8-17(9-7-15)28-18-5-4-10-33(14-18)23-30-22(20(21(26)34)31-32-23)29-19-11-16(25)12-27-13-19/h6-9,11-13,18,28H,4-5,10,14H2,1-3H3,(H2,26,34)(H,29,30,32)/t18-/m1/s1. The minimum absolute atomic E-state index is 0.106. The number of nitrogens with two attached hydrogens (primary N) is 1. The molecule has 34 heavy (non-hydrogen) atoms. The van der Waals surface area contributed by atoms with Crippen LogP contribution in [0.5, 0.6) is 0 Å². The Balaban J connectivity index is 1.50. The van der Waals surface area contributed by atoms with Crippen LogP contribution in [0.4, 0.5) is 27.5 Å². The van der Waals surface area contributed by atoms with E-state index in [-0.39, 0.29) is 23.0 Å². The Morgan fingerprint density at radius 1 is 1.15 bits per heavy atom. The molecule has 3 heterocycles. The largest absolute Gasteiger partial charge is 0.381 e. The van der Waals surface area contributed by atoms with Crippen LogP contribution >= 0.6 is 0 Å². The fourth-order valence-corrected chi connectivity index (χ4v) is 3.90. The van der Waals surface area contributed by atoms with Crippen molar-refractivity contribution >= 4 is 29.0 Å². The second kappa shape index (κ2) is 9.58. The van der Waals surface area contributed by atoms with Crippen LogP contribution in [0.15, 0.2) is 42.7 Å². The van der Waals surface area contributed by atoms with E-state index in [0.717, 1.165) is 31.3 Å². The Morgan fingerprint density at radius 2 is 1.91 bits per heavy atom. The lowest BCUT2D eigenvalue weighted by Gasteiger charge is -2.33. The average molecular weight is 465 g/mol. The second-order valence-electron chi connectivity index (χ2n) is 9.45. The van der Waals surface area contributed by atoms with Crippen LogP contribution in [0.25, 0.3) is 0 Å². The van der Waals surface area contributed by atoms with Crippen molar-refractivity contribution in [3.05, 3.63) is 59.8 Å². The number of rotatable bonds is 6. The maximum absolute atomic E-state index is 13.5. The molecule has 4 rings (SSSR count). The van der Waals surface area contributed by atoms with E-state index in [1.54, 1.807) is 0 Å². The molecule has 4 N–H and O–H groups in total. The summed E-state index contributed by atoms with van der Waals surface area (Å²) in [6, 6.07) is 9.95. The van der Waals surface area contributed by atoms with E-state index >= 15 is 0 Å². The smallest absolute Gasteiger partial charge is 0.273 e. The summed E-state index contributed by atoms with van der Waals surface area (Å²) in [4.78, 5) is 22.1. The Kier molecular flexibility index (Phi) is 6.58. The molecule has 2 aromatic heterocycles. The number of primary amides is 1. The highest BCUT2D eigenvalue weighted by Crippen LogP contribution is 2.26. The van der Waals surface area contributed by atoms with E-state index in [9.17, 15) is 9.18 Å². The average Bonchev–Trinajstić information content (AvgIpc) is 2.79. The molecule has 1 amide bonds. The molecule has 1 atom stereocenters. The Hall–Kier alpha value is -3.82. The predicted molar refractivity (Wildman–Crippen MR) is 130 cm³/mol. The SMILES string of the molecule is CC(C)(C)c1ccc(N[C@@H]2CCCN(c3nnc(C(N)=O)c(Nc4cncc(F)c4)n3)C2)cc1. The minimum Gasteiger partial charge on any atom is -0.381 e. The van der Waals surface area contributed by atoms with Crippen molar-refractivity contribution in [3.8, 4) is 0 Å². The first-order valence-electron chi connectivity index (χ1n) is 11.2. The topological polar surface area (TPSA) is 122 Å². The van der Waals surface area contributed by atoms with Crippen molar-refractivity contribution in [2.75, 3.05) is 28.6 Å². The zero-order valence-corrected chi connectivity index (χ0v) is 19.5. The number of aromatic nitrogens is 4. The monoisotopic (exact) mass is 464 g/mol. The van der Waals surface area contributed by atoms with Crippen LogP contribution in [0.3, 0.4) is 0 Å². The summed E-state index contributed by atoms with van der Waals surface area (Å²) < 4.78 is 13.5. The molecule has 10 heteroatoms. The van der Waals surface area contributed by atoms with Crippen LogP contribution in [0.1, 0.15) is 49.7 Å². The quantitative estimate of drug-likeness (QED) is 0.506.